The van der Waals surface area contributed by atoms with Gasteiger partial charge in [0.1, 0.15) is 11.4 Å². The highest BCUT2D eigenvalue weighted by Crippen LogP contribution is 2.30. The fourth-order valence-electron chi connectivity index (χ4n) is 6.05. The molecule has 0 aliphatic carbocycles. The second kappa shape index (κ2) is 10.5. The van der Waals surface area contributed by atoms with Gasteiger partial charge in [-0.25, -0.2) is 19.6 Å². The van der Waals surface area contributed by atoms with Crippen molar-refractivity contribution >= 4 is 43.6 Å². The van der Waals surface area contributed by atoms with Crippen LogP contribution in [0.4, 0.5) is 0 Å². The first-order valence-electron chi connectivity index (χ1n) is 14.6. The summed E-state index contributed by atoms with van der Waals surface area (Å²) in [5.74, 6) is 0.613. The van der Waals surface area contributed by atoms with E-state index in [9.17, 15) is 9.59 Å². The molecule has 0 unspecified atom stereocenters. The van der Waals surface area contributed by atoms with Crippen LogP contribution in [0.3, 0.4) is 0 Å². The van der Waals surface area contributed by atoms with E-state index in [2.05, 4.69) is 33.4 Å². The summed E-state index contributed by atoms with van der Waals surface area (Å²) in [5, 5.41) is 3.03. The van der Waals surface area contributed by atoms with Crippen molar-refractivity contribution in [1.82, 2.24) is 19.1 Å². The predicted molar refractivity (Wildman–Crippen MR) is 172 cm³/mol. The fraction of sp³-hybridized carbons (Fsp3) is 0.111. The number of hydrogen-bond donors (Lipinski definition) is 0. The Hall–Kier alpha value is -5.76. The zero-order chi connectivity index (χ0) is 29.6. The SMILES string of the molecule is O=c1oc(-c2cc3ccccc3n2CCCCn2c(-c3nc4ccccc4c(=O)o3)cc3ccccc32)nc2ccccc12. The van der Waals surface area contributed by atoms with Gasteiger partial charge in [-0.2, -0.15) is 0 Å². The van der Waals surface area contributed by atoms with Gasteiger partial charge in [0.25, 0.3) is 0 Å². The standard InChI is InChI=1S/C36H26N4O4/c41-35-25-13-3-5-15-27(25)37-33(43-35)31-21-23-11-1-7-17-29(23)39(31)19-9-10-20-40-30-18-8-2-12-24(30)22-32(40)34-38-28-16-6-4-14-26(28)36(42)44-34/h1-8,11-18,21-22H,9-10,19-20H2. The molecule has 8 rings (SSSR count). The van der Waals surface area contributed by atoms with E-state index in [-0.39, 0.29) is 0 Å². The van der Waals surface area contributed by atoms with E-state index in [1.165, 1.54) is 0 Å². The summed E-state index contributed by atoms with van der Waals surface area (Å²) in [4.78, 5) is 35.0. The number of nitrogens with zero attached hydrogens (tertiary/aromatic N) is 4. The van der Waals surface area contributed by atoms with Crippen LogP contribution in [-0.4, -0.2) is 19.1 Å². The molecular formula is C36H26N4O4. The van der Waals surface area contributed by atoms with Gasteiger partial charge in [-0.05, 0) is 61.4 Å². The van der Waals surface area contributed by atoms with Crippen molar-refractivity contribution in [2.45, 2.75) is 25.9 Å². The highest BCUT2D eigenvalue weighted by Gasteiger charge is 2.18. The molecule has 0 atom stereocenters. The summed E-state index contributed by atoms with van der Waals surface area (Å²) in [6, 6.07) is 34.8. The first-order valence-corrected chi connectivity index (χ1v) is 14.6. The van der Waals surface area contributed by atoms with Gasteiger partial charge in [-0.3, -0.25) is 0 Å². The van der Waals surface area contributed by atoms with Gasteiger partial charge in [0.05, 0.1) is 21.8 Å². The molecule has 4 heterocycles. The van der Waals surface area contributed by atoms with E-state index in [0.29, 0.717) is 46.7 Å². The van der Waals surface area contributed by atoms with E-state index in [0.717, 1.165) is 46.0 Å². The average molecular weight is 579 g/mol. The Morgan fingerprint density at radius 3 is 1.41 bits per heavy atom. The van der Waals surface area contributed by atoms with Crippen molar-refractivity contribution in [3.63, 3.8) is 0 Å². The van der Waals surface area contributed by atoms with Crippen LogP contribution in [-0.2, 0) is 13.1 Å². The van der Waals surface area contributed by atoms with Gasteiger partial charge in [0.15, 0.2) is 0 Å². The number of rotatable bonds is 7. The lowest BCUT2D eigenvalue weighted by Gasteiger charge is -2.12. The summed E-state index contributed by atoms with van der Waals surface area (Å²) < 4.78 is 15.8. The lowest BCUT2D eigenvalue weighted by atomic mass is 10.2. The van der Waals surface area contributed by atoms with E-state index < -0.39 is 11.3 Å². The summed E-state index contributed by atoms with van der Waals surface area (Å²) in [6.07, 6.45) is 1.68. The van der Waals surface area contributed by atoms with Crippen molar-refractivity contribution in [2.75, 3.05) is 0 Å². The minimum Gasteiger partial charge on any atom is -0.401 e. The second-order valence-corrected chi connectivity index (χ2v) is 10.8. The Morgan fingerprint density at radius 1 is 0.523 bits per heavy atom. The third-order valence-corrected chi connectivity index (χ3v) is 8.14. The van der Waals surface area contributed by atoms with Crippen molar-refractivity contribution in [3.05, 3.63) is 130 Å². The number of unbranched alkanes of at least 4 members (excludes halogenated alkanes) is 1. The molecule has 4 aromatic heterocycles. The van der Waals surface area contributed by atoms with Crippen LogP contribution < -0.4 is 11.3 Å². The maximum Gasteiger partial charge on any atom is 0.347 e. The molecule has 8 aromatic rings. The molecule has 0 fully saturated rings. The lowest BCUT2D eigenvalue weighted by molar-refractivity contribution is 0.502. The summed E-state index contributed by atoms with van der Waals surface area (Å²) in [7, 11) is 0. The van der Waals surface area contributed by atoms with E-state index >= 15 is 0 Å². The van der Waals surface area contributed by atoms with Crippen molar-refractivity contribution in [3.8, 4) is 23.2 Å². The van der Waals surface area contributed by atoms with Crippen LogP contribution in [0.15, 0.2) is 128 Å². The fourth-order valence-corrected chi connectivity index (χ4v) is 6.05. The van der Waals surface area contributed by atoms with Crippen molar-refractivity contribution in [2.24, 2.45) is 0 Å². The van der Waals surface area contributed by atoms with Crippen LogP contribution in [0.5, 0.6) is 0 Å². The molecule has 0 spiro atoms. The molecule has 4 aromatic carbocycles. The van der Waals surface area contributed by atoms with Crippen LogP contribution in [0, 0.1) is 0 Å². The van der Waals surface area contributed by atoms with E-state index in [1.54, 1.807) is 24.3 Å². The minimum atomic E-state index is -0.400. The lowest BCUT2D eigenvalue weighted by Crippen LogP contribution is -2.08. The molecule has 214 valence electrons. The number of para-hydroxylation sites is 4. The molecular weight excluding hydrogens is 552 g/mol. The first kappa shape index (κ1) is 25.9. The zero-order valence-corrected chi connectivity index (χ0v) is 23.6. The van der Waals surface area contributed by atoms with Crippen LogP contribution in [0.2, 0.25) is 0 Å². The molecule has 0 bridgehead atoms. The van der Waals surface area contributed by atoms with Gasteiger partial charge >= 0.3 is 11.3 Å². The number of fused-ring (bicyclic) bond motifs is 4. The van der Waals surface area contributed by atoms with Crippen molar-refractivity contribution in [1.29, 1.82) is 0 Å². The maximum atomic E-state index is 12.8. The smallest absolute Gasteiger partial charge is 0.347 e. The normalized spacial score (nSPS) is 11.7. The number of aryl methyl sites for hydroxylation is 2. The zero-order valence-electron chi connectivity index (χ0n) is 23.6. The van der Waals surface area contributed by atoms with Gasteiger partial charge in [-0.1, -0.05) is 60.7 Å². The molecule has 8 nitrogen and oxygen atoms in total. The van der Waals surface area contributed by atoms with Gasteiger partial charge in [0, 0.05) is 34.9 Å². The predicted octanol–water partition coefficient (Wildman–Crippen LogP) is 7.41. The van der Waals surface area contributed by atoms with E-state index in [4.69, 9.17) is 18.8 Å². The molecule has 44 heavy (non-hydrogen) atoms. The number of benzene rings is 4. The molecule has 0 saturated heterocycles. The van der Waals surface area contributed by atoms with Crippen molar-refractivity contribution < 1.29 is 8.83 Å². The highest BCUT2D eigenvalue weighted by atomic mass is 16.4. The quantitative estimate of drug-likeness (QED) is 0.183. The molecule has 0 aliphatic heterocycles. The third kappa shape index (κ3) is 4.39. The molecule has 0 radical (unpaired) electrons. The Labute approximate surface area is 250 Å². The first-order chi connectivity index (χ1) is 21.6. The topological polar surface area (TPSA) is 96.1 Å². The largest absolute Gasteiger partial charge is 0.401 e. The Bertz CT molecular complexity index is 2290. The molecule has 0 N–H and O–H groups in total. The van der Waals surface area contributed by atoms with Gasteiger partial charge < -0.3 is 18.0 Å². The number of hydrogen-bond acceptors (Lipinski definition) is 6. The number of aromatic nitrogens is 4. The van der Waals surface area contributed by atoms with E-state index in [1.807, 2.05) is 60.7 Å². The van der Waals surface area contributed by atoms with Gasteiger partial charge in [0.2, 0.25) is 11.8 Å². The average Bonchev–Trinajstić information content (AvgIpc) is 3.62. The van der Waals surface area contributed by atoms with Crippen LogP contribution >= 0.6 is 0 Å². The third-order valence-electron chi connectivity index (χ3n) is 8.14. The summed E-state index contributed by atoms with van der Waals surface area (Å²) in [5.41, 5.74) is 4.05. The monoisotopic (exact) mass is 578 g/mol. The highest BCUT2D eigenvalue weighted by molar-refractivity contribution is 5.88. The molecule has 0 saturated carbocycles. The maximum absolute atomic E-state index is 12.8. The Kier molecular flexibility index (Phi) is 6.19. The Morgan fingerprint density at radius 2 is 0.932 bits per heavy atom. The molecule has 0 aliphatic rings. The van der Waals surface area contributed by atoms with Crippen LogP contribution in [0.25, 0.3) is 66.8 Å². The molecule has 8 heteroatoms. The summed E-state index contributed by atoms with van der Waals surface area (Å²) in [6.45, 7) is 1.39. The summed E-state index contributed by atoms with van der Waals surface area (Å²) >= 11 is 0. The van der Waals surface area contributed by atoms with Gasteiger partial charge in [-0.15, -0.1) is 0 Å². The van der Waals surface area contributed by atoms with Crippen LogP contribution in [0.1, 0.15) is 12.8 Å². The minimum absolute atomic E-state index is 0.306. The Balaban J connectivity index is 1.12. The second-order valence-electron chi connectivity index (χ2n) is 10.8. The molecule has 0 amide bonds.